The van der Waals surface area contributed by atoms with Crippen LogP contribution in [-0.2, 0) is 6.42 Å². The monoisotopic (exact) mass is 262 g/mol. The molecule has 2 aromatic carbocycles. The zero-order chi connectivity index (χ0) is 13.7. The van der Waals surface area contributed by atoms with Crippen LogP contribution in [0.3, 0.4) is 0 Å². The topological polar surface area (TPSA) is 0 Å². The Morgan fingerprint density at radius 3 is 2.37 bits per heavy atom. The fraction of sp³-hybridized carbons (Fsp3) is 0.412. The summed E-state index contributed by atoms with van der Waals surface area (Å²) >= 11 is 0. The van der Waals surface area contributed by atoms with Gasteiger partial charge in [0.2, 0.25) is 5.92 Å². The Morgan fingerprint density at radius 2 is 1.63 bits per heavy atom. The van der Waals surface area contributed by atoms with Crippen molar-refractivity contribution < 1.29 is 8.78 Å². The highest BCUT2D eigenvalue weighted by Crippen LogP contribution is 2.21. The van der Waals surface area contributed by atoms with Crippen molar-refractivity contribution in [3.05, 3.63) is 48.0 Å². The van der Waals surface area contributed by atoms with Crippen molar-refractivity contribution in [3.63, 3.8) is 0 Å². The predicted molar refractivity (Wildman–Crippen MR) is 76.7 cm³/mol. The molecule has 0 saturated heterocycles. The number of hydrogen-bond acceptors (Lipinski definition) is 0. The molecule has 2 aromatic rings. The molecular formula is C17H20F2. The Morgan fingerprint density at radius 1 is 0.895 bits per heavy atom. The van der Waals surface area contributed by atoms with Gasteiger partial charge >= 0.3 is 0 Å². The number of fused-ring (bicyclic) bond motifs is 1. The van der Waals surface area contributed by atoms with E-state index in [0.29, 0.717) is 6.42 Å². The molecule has 0 aromatic heterocycles. The lowest BCUT2D eigenvalue weighted by Crippen LogP contribution is -2.08. The fourth-order valence-corrected chi connectivity index (χ4v) is 2.34. The first kappa shape index (κ1) is 14.0. The van der Waals surface area contributed by atoms with Crippen molar-refractivity contribution in [3.8, 4) is 0 Å². The summed E-state index contributed by atoms with van der Waals surface area (Å²) in [5.74, 6) is -2.51. The summed E-state index contributed by atoms with van der Waals surface area (Å²) in [6.07, 6.45) is 3.44. The summed E-state index contributed by atoms with van der Waals surface area (Å²) in [6, 6.07) is 14.7. The second-order valence-corrected chi connectivity index (χ2v) is 5.31. The van der Waals surface area contributed by atoms with E-state index in [1.165, 1.54) is 16.3 Å². The van der Waals surface area contributed by atoms with Crippen LogP contribution in [0.1, 0.15) is 38.2 Å². The molecule has 0 heterocycles. The van der Waals surface area contributed by atoms with Crippen LogP contribution in [0, 0.1) is 0 Å². The molecule has 0 radical (unpaired) electrons. The zero-order valence-corrected chi connectivity index (χ0v) is 11.3. The van der Waals surface area contributed by atoms with Gasteiger partial charge in [-0.15, -0.1) is 0 Å². The van der Waals surface area contributed by atoms with E-state index < -0.39 is 5.92 Å². The van der Waals surface area contributed by atoms with E-state index in [1.807, 2.05) is 12.1 Å². The van der Waals surface area contributed by atoms with E-state index in [4.69, 9.17) is 0 Å². The van der Waals surface area contributed by atoms with Gasteiger partial charge in [-0.1, -0.05) is 48.9 Å². The molecule has 0 aliphatic carbocycles. The largest absolute Gasteiger partial charge is 0.245 e. The van der Waals surface area contributed by atoms with E-state index in [9.17, 15) is 8.78 Å². The van der Waals surface area contributed by atoms with Gasteiger partial charge in [0.1, 0.15) is 0 Å². The number of alkyl halides is 2. The highest BCUT2D eigenvalue weighted by Gasteiger charge is 2.19. The maximum Gasteiger partial charge on any atom is 0.245 e. The van der Waals surface area contributed by atoms with Crippen LogP contribution in [-0.4, -0.2) is 5.92 Å². The number of aryl methyl sites for hydroxylation is 1. The van der Waals surface area contributed by atoms with Crippen molar-refractivity contribution in [2.45, 2.75) is 45.0 Å². The van der Waals surface area contributed by atoms with Gasteiger partial charge in [0.25, 0.3) is 0 Å². The molecule has 0 bridgehead atoms. The Labute approximate surface area is 113 Å². The van der Waals surface area contributed by atoms with Gasteiger partial charge in [-0.25, -0.2) is 8.78 Å². The van der Waals surface area contributed by atoms with Gasteiger partial charge in [-0.2, -0.15) is 0 Å². The third kappa shape index (κ3) is 4.62. The summed E-state index contributed by atoms with van der Waals surface area (Å²) in [5.41, 5.74) is 1.29. The first-order valence-corrected chi connectivity index (χ1v) is 6.90. The zero-order valence-electron chi connectivity index (χ0n) is 11.3. The molecule has 102 valence electrons. The SMILES string of the molecule is CC(F)(F)CCCCCc1ccc2ccccc2c1. The van der Waals surface area contributed by atoms with Crippen LogP contribution < -0.4 is 0 Å². The minimum atomic E-state index is -2.51. The standard InChI is InChI=1S/C17H20F2/c1-17(18,19)12-6-2-3-7-14-10-11-15-8-4-5-9-16(15)13-14/h4-5,8-11,13H,2-3,6-7,12H2,1H3. The van der Waals surface area contributed by atoms with Gasteiger partial charge in [-0.05, 0) is 42.5 Å². The van der Waals surface area contributed by atoms with Crippen molar-refractivity contribution >= 4 is 10.8 Å². The molecule has 19 heavy (non-hydrogen) atoms. The third-order valence-electron chi connectivity index (χ3n) is 3.40. The smallest absolute Gasteiger partial charge is 0.207 e. The van der Waals surface area contributed by atoms with Crippen LogP contribution in [0.4, 0.5) is 8.78 Å². The fourth-order valence-electron chi connectivity index (χ4n) is 2.34. The highest BCUT2D eigenvalue weighted by molar-refractivity contribution is 5.82. The normalized spacial score (nSPS) is 11.9. The predicted octanol–water partition coefficient (Wildman–Crippen LogP) is 5.60. The van der Waals surface area contributed by atoms with Crippen molar-refractivity contribution in [2.24, 2.45) is 0 Å². The number of benzene rings is 2. The average molecular weight is 262 g/mol. The molecule has 0 atom stereocenters. The van der Waals surface area contributed by atoms with E-state index in [1.54, 1.807) is 0 Å². The quantitative estimate of drug-likeness (QED) is 0.594. The van der Waals surface area contributed by atoms with Crippen LogP contribution in [0.2, 0.25) is 0 Å². The van der Waals surface area contributed by atoms with Crippen molar-refractivity contribution in [1.29, 1.82) is 0 Å². The Kier molecular flexibility index (Phi) is 4.52. The van der Waals surface area contributed by atoms with E-state index in [-0.39, 0.29) is 6.42 Å². The number of unbranched alkanes of at least 4 members (excludes halogenated alkanes) is 2. The molecule has 0 amide bonds. The van der Waals surface area contributed by atoms with Gasteiger partial charge < -0.3 is 0 Å². The molecule has 0 aliphatic heterocycles. The van der Waals surface area contributed by atoms with E-state index in [2.05, 4.69) is 30.3 Å². The number of halogens is 2. The van der Waals surface area contributed by atoms with Crippen molar-refractivity contribution in [1.82, 2.24) is 0 Å². The summed E-state index contributed by atoms with van der Waals surface area (Å²) in [6.45, 7) is 0.996. The second-order valence-electron chi connectivity index (χ2n) is 5.31. The van der Waals surface area contributed by atoms with Crippen LogP contribution in [0.15, 0.2) is 42.5 Å². The van der Waals surface area contributed by atoms with Crippen LogP contribution >= 0.6 is 0 Å². The maximum atomic E-state index is 12.6. The maximum absolute atomic E-state index is 12.6. The Bertz CT molecular complexity index is 526. The van der Waals surface area contributed by atoms with Gasteiger partial charge in [0.05, 0.1) is 0 Å². The summed E-state index contributed by atoms with van der Waals surface area (Å²) in [7, 11) is 0. The Hall–Kier alpha value is -1.44. The van der Waals surface area contributed by atoms with Gasteiger partial charge in [-0.3, -0.25) is 0 Å². The molecular weight excluding hydrogens is 242 g/mol. The summed E-state index contributed by atoms with van der Waals surface area (Å²) < 4.78 is 25.3. The van der Waals surface area contributed by atoms with Crippen molar-refractivity contribution in [2.75, 3.05) is 0 Å². The lowest BCUT2D eigenvalue weighted by atomic mass is 10.0. The summed E-state index contributed by atoms with van der Waals surface area (Å²) in [4.78, 5) is 0. The van der Waals surface area contributed by atoms with Crippen LogP contribution in [0.25, 0.3) is 10.8 Å². The first-order chi connectivity index (χ1) is 9.04. The lowest BCUT2D eigenvalue weighted by Gasteiger charge is -2.09. The third-order valence-corrected chi connectivity index (χ3v) is 3.40. The number of hydrogen-bond donors (Lipinski definition) is 0. The van der Waals surface area contributed by atoms with E-state index in [0.717, 1.165) is 26.2 Å². The molecule has 0 N–H and O–H groups in total. The Balaban J connectivity index is 1.82. The molecule has 0 fully saturated rings. The molecule has 2 heteroatoms. The molecule has 0 saturated carbocycles. The lowest BCUT2D eigenvalue weighted by molar-refractivity contribution is 0.0104. The molecule has 0 aliphatic rings. The van der Waals surface area contributed by atoms with Crippen LogP contribution in [0.5, 0.6) is 0 Å². The first-order valence-electron chi connectivity index (χ1n) is 6.90. The molecule has 2 rings (SSSR count). The highest BCUT2D eigenvalue weighted by atomic mass is 19.3. The van der Waals surface area contributed by atoms with Gasteiger partial charge in [0, 0.05) is 6.42 Å². The van der Waals surface area contributed by atoms with Gasteiger partial charge in [0.15, 0.2) is 0 Å². The number of rotatable bonds is 6. The van der Waals surface area contributed by atoms with E-state index >= 15 is 0 Å². The molecule has 0 nitrogen and oxygen atoms in total. The minimum absolute atomic E-state index is 0.00468. The molecule has 0 spiro atoms. The summed E-state index contributed by atoms with van der Waals surface area (Å²) in [5, 5.41) is 2.50. The molecule has 0 unspecified atom stereocenters. The average Bonchev–Trinajstić information content (AvgIpc) is 2.37. The second kappa shape index (κ2) is 6.14. The minimum Gasteiger partial charge on any atom is -0.207 e.